The lowest BCUT2D eigenvalue weighted by Crippen LogP contribution is -2.36. The van der Waals surface area contributed by atoms with Crippen molar-refractivity contribution in [3.8, 4) is 11.4 Å². The molecule has 17 heteroatoms. The van der Waals surface area contributed by atoms with E-state index in [9.17, 15) is 35.9 Å². The summed E-state index contributed by atoms with van der Waals surface area (Å²) in [7, 11) is -1.44. The van der Waals surface area contributed by atoms with E-state index in [0.717, 1.165) is 18.3 Å². The second-order valence-electron chi connectivity index (χ2n) is 13.9. The third-order valence-corrected chi connectivity index (χ3v) is 10.4. The summed E-state index contributed by atoms with van der Waals surface area (Å²) in [5.74, 6) is -1.29. The van der Waals surface area contributed by atoms with Crippen molar-refractivity contribution in [1.29, 1.82) is 0 Å². The summed E-state index contributed by atoms with van der Waals surface area (Å²) in [4.78, 5) is 33.7. The van der Waals surface area contributed by atoms with Gasteiger partial charge in [-0.3, -0.25) is 9.59 Å². The number of rotatable bonds is 10. The van der Waals surface area contributed by atoms with Crippen molar-refractivity contribution in [2.75, 3.05) is 11.9 Å². The predicted octanol–water partition coefficient (Wildman–Crippen LogP) is 7.48. The molecule has 1 N–H and O–H groups in total. The van der Waals surface area contributed by atoms with Gasteiger partial charge in [0.15, 0.2) is 5.82 Å². The molecule has 2 atom stereocenters. The molecule has 4 aromatic rings. The van der Waals surface area contributed by atoms with Gasteiger partial charge < -0.3 is 14.6 Å². The molecule has 5 rings (SSSR count). The maximum Gasteiger partial charge on any atom is 0.423 e. The van der Waals surface area contributed by atoms with Crippen LogP contribution < -0.4 is 16.4 Å². The van der Waals surface area contributed by atoms with Crippen LogP contribution in [0.2, 0.25) is 25.7 Å². The lowest BCUT2D eigenvalue weighted by molar-refractivity contribution is -0.139. The van der Waals surface area contributed by atoms with E-state index in [2.05, 4.69) is 40.0 Å². The Morgan fingerprint density at radius 1 is 0.960 bits per heavy atom. The standard InChI is InChI=1S/C33H37F7N6O3Si/c1-19-16-45(30(47)24-12-26(34)25(11-23(19)24)29-41-13-21(14-42-29)32(35,36)37)17-20-6-5-7-22(10-20)44-27-15-43-46(18-49-8-9-50(2,3)4)31(48)28(27)33(38,39)40/h11-16,20,22,44H,5-10,17-18H2,1-4H3/t20-,22+/m1/s1. The van der Waals surface area contributed by atoms with Crippen molar-refractivity contribution in [2.24, 2.45) is 5.92 Å². The monoisotopic (exact) mass is 726 g/mol. The summed E-state index contributed by atoms with van der Waals surface area (Å²) < 4.78 is 104. The Hall–Kier alpha value is -4.12. The molecule has 3 heterocycles. The van der Waals surface area contributed by atoms with Crippen LogP contribution in [0.15, 0.2) is 46.5 Å². The minimum absolute atomic E-state index is 0.0505. The molecular formula is C33H37F7N6O3Si. The fourth-order valence-corrected chi connectivity index (χ4v) is 6.85. The smallest absolute Gasteiger partial charge is 0.380 e. The summed E-state index contributed by atoms with van der Waals surface area (Å²) in [5, 5.41) is 7.24. The highest BCUT2D eigenvalue weighted by molar-refractivity contribution is 6.76. The maximum absolute atomic E-state index is 15.2. The van der Waals surface area contributed by atoms with E-state index in [0.29, 0.717) is 60.3 Å². The van der Waals surface area contributed by atoms with Crippen LogP contribution in [0.4, 0.5) is 36.4 Å². The van der Waals surface area contributed by atoms with Gasteiger partial charge in [0.2, 0.25) is 0 Å². The van der Waals surface area contributed by atoms with Crippen LogP contribution in [0.3, 0.4) is 0 Å². The summed E-state index contributed by atoms with van der Waals surface area (Å²) in [6.07, 6.45) is -3.66. The summed E-state index contributed by atoms with van der Waals surface area (Å²) in [6, 6.07) is 2.67. The Bertz CT molecular complexity index is 1970. The van der Waals surface area contributed by atoms with Crippen LogP contribution in [-0.4, -0.2) is 45.0 Å². The normalized spacial score (nSPS) is 17.3. The molecule has 0 amide bonds. The van der Waals surface area contributed by atoms with Gasteiger partial charge in [-0.2, -0.15) is 31.4 Å². The van der Waals surface area contributed by atoms with E-state index in [-0.39, 0.29) is 29.2 Å². The van der Waals surface area contributed by atoms with E-state index < -0.39 is 66.9 Å². The number of ether oxygens (including phenoxy) is 1. The molecule has 3 aromatic heterocycles. The van der Waals surface area contributed by atoms with E-state index in [1.165, 1.54) is 10.6 Å². The molecule has 50 heavy (non-hydrogen) atoms. The van der Waals surface area contributed by atoms with Crippen LogP contribution in [0.1, 0.15) is 42.4 Å². The first-order valence-electron chi connectivity index (χ1n) is 16.1. The highest BCUT2D eigenvalue weighted by Gasteiger charge is 2.39. The number of aromatic nitrogens is 5. The first kappa shape index (κ1) is 37.1. The molecule has 0 bridgehead atoms. The van der Waals surface area contributed by atoms with Gasteiger partial charge in [-0.15, -0.1) is 0 Å². The Labute approximate surface area is 283 Å². The second-order valence-corrected chi connectivity index (χ2v) is 19.5. The molecular weight excluding hydrogens is 689 g/mol. The van der Waals surface area contributed by atoms with Crippen LogP contribution in [0.25, 0.3) is 22.2 Å². The summed E-state index contributed by atoms with van der Waals surface area (Å²) in [5.41, 5.74) is -4.24. The zero-order valence-electron chi connectivity index (χ0n) is 27.9. The average Bonchev–Trinajstić information content (AvgIpc) is 3.01. The van der Waals surface area contributed by atoms with Crippen molar-refractivity contribution in [3.63, 3.8) is 0 Å². The summed E-state index contributed by atoms with van der Waals surface area (Å²) in [6.45, 7) is 8.20. The number of hydrogen-bond acceptors (Lipinski definition) is 7. The molecule has 0 spiro atoms. The van der Waals surface area contributed by atoms with Gasteiger partial charge in [0.25, 0.3) is 11.1 Å². The minimum atomic E-state index is -4.94. The maximum atomic E-state index is 15.2. The number of halogens is 7. The molecule has 0 aliphatic heterocycles. The van der Waals surface area contributed by atoms with Gasteiger partial charge >= 0.3 is 12.4 Å². The number of aryl methyl sites for hydroxylation is 1. The number of pyridine rings is 1. The largest absolute Gasteiger partial charge is 0.423 e. The second kappa shape index (κ2) is 14.2. The van der Waals surface area contributed by atoms with Gasteiger partial charge in [0.05, 0.1) is 28.4 Å². The topological polar surface area (TPSA) is 104 Å². The van der Waals surface area contributed by atoms with Gasteiger partial charge in [0, 0.05) is 45.9 Å². The highest BCUT2D eigenvalue weighted by Crippen LogP contribution is 2.35. The number of anilines is 1. The van der Waals surface area contributed by atoms with Crippen molar-refractivity contribution in [1.82, 2.24) is 24.3 Å². The van der Waals surface area contributed by atoms with Gasteiger partial charge in [0.1, 0.15) is 18.1 Å². The van der Waals surface area contributed by atoms with Gasteiger partial charge in [-0.1, -0.05) is 26.1 Å². The molecule has 1 fully saturated rings. The van der Waals surface area contributed by atoms with Crippen LogP contribution in [0.5, 0.6) is 0 Å². The third-order valence-electron chi connectivity index (χ3n) is 8.73. The van der Waals surface area contributed by atoms with Crippen LogP contribution >= 0.6 is 0 Å². The number of fused-ring (bicyclic) bond motifs is 1. The minimum Gasteiger partial charge on any atom is -0.380 e. The first-order valence-corrected chi connectivity index (χ1v) is 19.8. The third kappa shape index (κ3) is 8.59. The lowest BCUT2D eigenvalue weighted by Gasteiger charge is -2.31. The van der Waals surface area contributed by atoms with E-state index >= 15 is 4.39 Å². The van der Waals surface area contributed by atoms with Crippen molar-refractivity contribution in [2.45, 2.75) is 90.0 Å². The zero-order valence-corrected chi connectivity index (χ0v) is 28.9. The van der Waals surface area contributed by atoms with Crippen LogP contribution in [0, 0.1) is 18.7 Å². The fraction of sp³-hybridized carbons (Fsp3) is 0.485. The Kier molecular flexibility index (Phi) is 10.6. The molecule has 0 radical (unpaired) electrons. The molecule has 1 saturated carbocycles. The molecule has 1 aromatic carbocycles. The molecule has 0 saturated heterocycles. The first-order chi connectivity index (χ1) is 23.3. The van der Waals surface area contributed by atoms with Crippen molar-refractivity contribution in [3.05, 3.63) is 80.1 Å². The van der Waals surface area contributed by atoms with E-state index in [4.69, 9.17) is 4.74 Å². The van der Waals surface area contributed by atoms with Crippen LogP contribution in [-0.2, 0) is 30.4 Å². The highest BCUT2D eigenvalue weighted by atomic mass is 28.3. The average molecular weight is 727 g/mol. The zero-order chi connectivity index (χ0) is 36.6. The molecule has 1 aliphatic rings. The Morgan fingerprint density at radius 3 is 2.30 bits per heavy atom. The number of nitrogens with one attached hydrogen (secondary N) is 1. The van der Waals surface area contributed by atoms with E-state index in [1.54, 1.807) is 13.1 Å². The quantitative estimate of drug-likeness (QED) is 0.103. The lowest BCUT2D eigenvalue weighted by atomic mass is 9.85. The number of alkyl halides is 6. The fourth-order valence-electron chi connectivity index (χ4n) is 6.09. The number of nitrogens with zero attached hydrogens (tertiary/aromatic N) is 5. The Balaban J connectivity index is 1.33. The predicted molar refractivity (Wildman–Crippen MR) is 176 cm³/mol. The molecule has 270 valence electrons. The SMILES string of the molecule is Cc1cn(C[C@@H]2CCC[C@H](Nc3cnn(COCC[Si](C)(C)C)c(=O)c3C(F)(F)F)C2)c(=O)c2cc(F)c(-c3ncc(C(F)(F)F)cn3)cc12. The van der Waals surface area contributed by atoms with Crippen molar-refractivity contribution < 1.29 is 35.5 Å². The van der Waals surface area contributed by atoms with E-state index in [1.807, 2.05) is 0 Å². The molecule has 1 aliphatic carbocycles. The van der Waals surface area contributed by atoms with Crippen molar-refractivity contribution >= 4 is 24.5 Å². The number of hydrogen-bond donors (Lipinski definition) is 1. The van der Waals surface area contributed by atoms with Gasteiger partial charge in [-0.25, -0.2) is 19.0 Å². The Morgan fingerprint density at radius 2 is 1.66 bits per heavy atom. The molecule has 9 nitrogen and oxygen atoms in total. The number of benzene rings is 1. The molecule has 0 unspecified atom stereocenters. The summed E-state index contributed by atoms with van der Waals surface area (Å²) >= 11 is 0. The van der Waals surface area contributed by atoms with Gasteiger partial charge in [-0.05, 0) is 61.2 Å².